The summed E-state index contributed by atoms with van der Waals surface area (Å²) >= 11 is 5.64. The van der Waals surface area contributed by atoms with E-state index in [1.54, 1.807) is 0 Å². The van der Waals surface area contributed by atoms with Crippen molar-refractivity contribution in [3.05, 3.63) is 29.8 Å². The van der Waals surface area contributed by atoms with Crippen LogP contribution in [0.2, 0.25) is 0 Å². The Morgan fingerprint density at radius 2 is 2.00 bits per heavy atom. The molecule has 0 saturated carbocycles. The van der Waals surface area contributed by atoms with E-state index in [2.05, 4.69) is 0 Å². The first kappa shape index (κ1) is 15.3. The van der Waals surface area contributed by atoms with Crippen LogP contribution in [0.4, 0.5) is 0 Å². The van der Waals surface area contributed by atoms with Crippen LogP contribution in [0.25, 0.3) is 0 Å². The molecule has 1 spiro atoms. The van der Waals surface area contributed by atoms with E-state index in [1.165, 1.54) is 0 Å². The molecule has 1 aromatic carbocycles. The SMILES string of the molecule is O=C1CC2(CCN(C(=O)CCCCl)CC2)Oc2ccccc21. The summed E-state index contributed by atoms with van der Waals surface area (Å²) in [7, 11) is 0. The summed E-state index contributed by atoms with van der Waals surface area (Å²) in [5, 5.41) is 0. The largest absolute Gasteiger partial charge is 0.486 e. The lowest BCUT2D eigenvalue weighted by molar-refractivity contribution is -0.134. The fourth-order valence-electron chi connectivity index (χ4n) is 3.26. The zero-order chi connectivity index (χ0) is 15.6. The molecule has 2 aliphatic rings. The number of piperidine rings is 1. The standard InChI is InChI=1S/C17H20ClNO3/c18-9-3-6-16(21)19-10-7-17(8-11-19)12-14(20)13-4-1-2-5-15(13)22-17/h1-2,4-5H,3,6-12H2. The third-order valence-electron chi connectivity index (χ3n) is 4.55. The van der Waals surface area contributed by atoms with Crippen LogP contribution in [-0.2, 0) is 4.79 Å². The van der Waals surface area contributed by atoms with E-state index >= 15 is 0 Å². The summed E-state index contributed by atoms with van der Waals surface area (Å²) in [4.78, 5) is 26.3. The molecule has 0 N–H and O–H groups in total. The Labute approximate surface area is 135 Å². The molecule has 1 amide bonds. The smallest absolute Gasteiger partial charge is 0.222 e. The molecule has 2 aliphatic heterocycles. The van der Waals surface area contributed by atoms with Crippen LogP contribution >= 0.6 is 11.6 Å². The van der Waals surface area contributed by atoms with Gasteiger partial charge < -0.3 is 9.64 Å². The van der Waals surface area contributed by atoms with Crippen molar-refractivity contribution >= 4 is 23.3 Å². The van der Waals surface area contributed by atoms with Gasteiger partial charge in [-0.15, -0.1) is 11.6 Å². The summed E-state index contributed by atoms with van der Waals surface area (Å²) in [5.41, 5.74) is 0.239. The summed E-state index contributed by atoms with van der Waals surface area (Å²) in [6.45, 7) is 1.30. The highest BCUT2D eigenvalue weighted by molar-refractivity contribution is 6.17. The van der Waals surface area contributed by atoms with Crippen LogP contribution in [0.3, 0.4) is 0 Å². The molecule has 118 valence electrons. The van der Waals surface area contributed by atoms with Crippen molar-refractivity contribution in [1.82, 2.24) is 4.90 Å². The second-order valence-corrected chi connectivity index (χ2v) is 6.43. The summed E-state index contributed by atoms with van der Waals surface area (Å²) in [6, 6.07) is 7.41. The zero-order valence-corrected chi connectivity index (χ0v) is 13.3. The van der Waals surface area contributed by atoms with Gasteiger partial charge in [-0.3, -0.25) is 9.59 Å². The summed E-state index contributed by atoms with van der Waals surface area (Å²) in [5.74, 6) is 1.49. The average molecular weight is 322 g/mol. The first-order valence-electron chi connectivity index (χ1n) is 7.78. The van der Waals surface area contributed by atoms with Crippen molar-refractivity contribution in [2.45, 2.75) is 37.7 Å². The van der Waals surface area contributed by atoms with E-state index in [4.69, 9.17) is 16.3 Å². The van der Waals surface area contributed by atoms with Crippen LogP contribution in [0.5, 0.6) is 5.75 Å². The van der Waals surface area contributed by atoms with Crippen LogP contribution < -0.4 is 4.74 Å². The lowest BCUT2D eigenvalue weighted by Crippen LogP contribution is -2.52. The Bertz CT molecular complexity index is 579. The highest BCUT2D eigenvalue weighted by atomic mass is 35.5. The molecule has 0 aromatic heterocycles. The number of amides is 1. The number of fused-ring (bicyclic) bond motifs is 1. The number of rotatable bonds is 3. The molecule has 0 atom stereocenters. The van der Waals surface area contributed by atoms with Gasteiger partial charge >= 0.3 is 0 Å². The van der Waals surface area contributed by atoms with Gasteiger partial charge in [0.2, 0.25) is 5.91 Å². The van der Waals surface area contributed by atoms with Gasteiger partial charge in [0, 0.05) is 38.2 Å². The second-order valence-electron chi connectivity index (χ2n) is 6.05. The van der Waals surface area contributed by atoms with Crippen LogP contribution in [0.15, 0.2) is 24.3 Å². The van der Waals surface area contributed by atoms with Gasteiger partial charge in [-0.05, 0) is 18.6 Å². The molecular weight excluding hydrogens is 302 g/mol. The van der Waals surface area contributed by atoms with Crippen molar-refractivity contribution in [2.24, 2.45) is 0 Å². The van der Waals surface area contributed by atoms with Crippen molar-refractivity contribution in [2.75, 3.05) is 19.0 Å². The van der Waals surface area contributed by atoms with E-state index < -0.39 is 5.60 Å². The minimum atomic E-state index is -0.436. The molecule has 0 radical (unpaired) electrons. The maximum absolute atomic E-state index is 12.3. The van der Waals surface area contributed by atoms with Gasteiger partial charge in [-0.25, -0.2) is 0 Å². The van der Waals surface area contributed by atoms with Crippen molar-refractivity contribution < 1.29 is 14.3 Å². The molecule has 1 aromatic rings. The van der Waals surface area contributed by atoms with E-state index in [0.29, 0.717) is 62.4 Å². The van der Waals surface area contributed by atoms with E-state index in [1.807, 2.05) is 29.2 Å². The predicted octanol–water partition coefficient (Wildman–Crippen LogP) is 3.03. The number of likely N-dealkylation sites (tertiary alicyclic amines) is 1. The molecule has 22 heavy (non-hydrogen) atoms. The Balaban J connectivity index is 1.66. The van der Waals surface area contributed by atoms with Gasteiger partial charge in [-0.2, -0.15) is 0 Å². The van der Waals surface area contributed by atoms with Crippen molar-refractivity contribution in [1.29, 1.82) is 0 Å². The Morgan fingerprint density at radius 3 is 2.73 bits per heavy atom. The number of hydrogen-bond acceptors (Lipinski definition) is 3. The first-order chi connectivity index (χ1) is 10.6. The quantitative estimate of drug-likeness (QED) is 0.804. The third kappa shape index (κ3) is 2.98. The monoisotopic (exact) mass is 321 g/mol. The summed E-state index contributed by atoms with van der Waals surface area (Å²) < 4.78 is 6.16. The maximum Gasteiger partial charge on any atom is 0.222 e. The van der Waals surface area contributed by atoms with Crippen molar-refractivity contribution in [3.63, 3.8) is 0 Å². The molecule has 0 unspecified atom stereocenters. The number of hydrogen-bond donors (Lipinski definition) is 0. The number of halogens is 1. The molecule has 5 heteroatoms. The molecule has 1 saturated heterocycles. The number of ketones is 1. The number of carbonyl (C=O) groups excluding carboxylic acids is 2. The average Bonchev–Trinajstić information content (AvgIpc) is 2.53. The van der Waals surface area contributed by atoms with Gasteiger partial charge in [0.1, 0.15) is 11.4 Å². The van der Waals surface area contributed by atoms with E-state index in [-0.39, 0.29) is 11.7 Å². The number of ether oxygens (including phenoxy) is 1. The van der Waals surface area contributed by atoms with Gasteiger partial charge in [-0.1, -0.05) is 12.1 Å². The van der Waals surface area contributed by atoms with E-state index in [9.17, 15) is 9.59 Å². The lowest BCUT2D eigenvalue weighted by Gasteiger charge is -2.44. The molecule has 0 aliphatic carbocycles. The highest BCUT2D eigenvalue weighted by Gasteiger charge is 2.43. The molecular formula is C17H20ClNO3. The second kappa shape index (κ2) is 6.29. The molecule has 1 fully saturated rings. The minimum absolute atomic E-state index is 0.142. The van der Waals surface area contributed by atoms with Gasteiger partial charge in [0.05, 0.1) is 12.0 Å². The number of nitrogens with zero attached hydrogens (tertiary/aromatic N) is 1. The highest BCUT2D eigenvalue weighted by Crippen LogP contribution is 2.39. The Morgan fingerprint density at radius 1 is 1.27 bits per heavy atom. The molecule has 3 rings (SSSR count). The molecule has 0 bridgehead atoms. The van der Waals surface area contributed by atoms with Gasteiger partial charge in [0.25, 0.3) is 0 Å². The number of para-hydroxylation sites is 1. The molecule has 2 heterocycles. The normalized spacial score (nSPS) is 19.7. The predicted molar refractivity (Wildman–Crippen MR) is 84.5 cm³/mol. The topological polar surface area (TPSA) is 46.6 Å². The first-order valence-corrected chi connectivity index (χ1v) is 8.32. The van der Waals surface area contributed by atoms with E-state index in [0.717, 1.165) is 0 Å². The lowest BCUT2D eigenvalue weighted by atomic mass is 9.82. The fraction of sp³-hybridized carbons (Fsp3) is 0.529. The van der Waals surface area contributed by atoms with Gasteiger partial charge in [0.15, 0.2) is 5.78 Å². The molecule has 4 nitrogen and oxygen atoms in total. The third-order valence-corrected chi connectivity index (χ3v) is 4.82. The summed E-state index contributed by atoms with van der Waals surface area (Å²) in [6.07, 6.45) is 3.04. The van der Waals surface area contributed by atoms with Crippen molar-refractivity contribution in [3.8, 4) is 5.75 Å². The number of alkyl halides is 1. The zero-order valence-electron chi connectivity index (χ0n) is 12.5. The number of benzene rings is 1. The van der Waals surface area contributed by atoms with Crippen LogP contribution in [0, 0.1) is 0 Å². The maximum atomic E-state index is 12.3. The number of Topliss-reactive ketones (excluding diaryl/α,β-unsaturated/α-hetero) is 1. The Hall–Kier alpha value is -1.55. The minimum Gasteiger partial charge on any atom is -0.486 e. The van der Waals surface area contributed by atoms with Crippen LogP contribution in [-0.4, -0.2) is 41.2 Å². The van der Waals surface area contributed by atoms with Crippen LogP contribution in [0.1, 0.15) is 42.5 Å². The Kier molecular flexibility index (Phi) is 4.39. The number of carbonyl (C=O) groups is 2. The fourth-order valence-corrected chi connectivity index (χ4v) is 3.40.